The maximum Gasteiger partial charge on any atom is 0.320 e. The number of nitrogens with zero attached hydrogens (tertiary/aromatic N) is 3. The number of likely N-dealkylation sites (tertiary alicyclic amines) is 1. The standard InChI is InChI=1S/C14H13F2N3O3/c15-9-4-3-8(6-10(9)16)13-17-12(22-18-13)7-19-5-1-2-11(19)14(20)21/h3-4,6,11H,1-2,5,7H2,(H,20,21)/t11-/m0/s1. The highest BCUT2D eigenvalue weighted by Crippen LogP contribution is 2.22. The molecule has 8 heteroatoms. The molecule has 0 unspecified atom stereocenters. The maximum atomic E-state index is 13.2. The maximum absolute atomic E-state index is 13.2. The second-order valence-corrected chi connectivity index (χ2v) is 5.11. The van der Waals surface area contributed by atoms with Gasteiger partial charge in [0.25, 0.3) is 0 Å². The monoisotopic (exact) mass is 309 g/mol. The molecule has 0 aliphatic carbocycles. The summed E-state index contributed by atoms with van der Waals surface area (Å²) in [7, 11) is 0. The van der Waals surface area contributed by atoms with Crippen LogP contribution < -0.4 is 0 Å². The summed E-state index contributed by atoms with van der Waals surface area (Å²) in [6.07, 6.45) is 1.38. The lowest BCUT2D eigenvalue weighted by atomic mass is 10.2. The minimum Gasteiger partial charge on any atom is -0.480 e. The van der Waals surface area contributed by atoms with Crippen LogP contribution in [0.5, 0.6) is 0 Å². The van der Waals surface area contributed by atoms with Crippen molar-refractivity contribution in [1.82, 2.24) is 15.0 Å². The molecule has 0 spiro atoms. The molecule has 1 saturated heterocycles. The van der Waals surface area contributed by atoms with E-state index in [9.17, 15) is 13.6 Å². The molecule has 6 nitrogen and oxygen atoms in total. The lowest BCUT2D eigenvalue weighted by Gasteiger charge is -2.18. The summed E-state index contributed by atoms with van der Waals surface area (Å²) in [5, 5.41) is 12.8. The van der Waals surface area contributed by atoms with Crippen LogP contribution in [0.25, 0.3) is 11.4 Å². The smallest absolute Gasteiger partial charge is 0.320 e. The van der Waals surface area contributed by atoms with E-state index in [-0.39, 0.29) is 18.3 Å². The van der Waals surface area contributed by atoms with E-state index in [1.165, 1.54) is 6.07 Å². The zero-order valence-corrected chi connectivity index (χ0v) is 11.5. The zero-order chi connectivity index (χ0) is 15.7. The van der Waals surface area contributed by atoms with Gasteiger partial charge in [-0.15, -0.1) is 0 Å². The average molecular weight is 309 g/mol. The van der Waals surface area contributed by atoms with Crippen LogP contribution in [0.2, 0.25) is 0 Å². The zero-order valence-electron chi connectivity index (χ0n) is 11.5. The second-order valence-electron chi connectivity index (χ2n) is 5.11. The fourth-order valence-electron chi connectivity index (χ4n) is 2.54. The normalized spacial score (nSPS) is 18.7. The molecule has 2 heterocycles. The van der Waals surface area contributed by atoms with Crippen LogP contribution in [-0.4, -0.2) is 38.7 Å². The topological polar surface area (TPSA) is 79.5 Å². The number of hydrogen-bond acceptors (Lipinski definition) is 5. The third-order valence-electron chi connectivity index (χ3n) is 3.63. The Kier molecular flexibility index (Phi) is 3.84. The van der Waals surface area contributed by atoms with Crippen molar-refractivity contribution in [3.8, 4) is 11.4 Å². The molecule has 1 aromatic carbocycles. The van der Waals surface area contributed by atoms with Gasteiger partial charge >= 0.3 is 5.97 Å². The Balaban J connectivity index is 1.76. The first kappa shape index (κ1) is 14.6. The highest BCUT2D eigenvalue weighted by molar-refractivity contribution is 5.73. The van der Waals surface area contributed by atoms with Crippen molar-refractivity contribution in [3.05, 3.63) is 35.7 Å². The number of carbonyl (C=O) groups is 1. The van der Waals surface area contributed by atoms with E-state index >= 15 is 0 Å². The number of rotatable bonds is 4. The third kappa shape index (κ3) is 2.82. The van der Waals surface area contributed by atoms with E-state index in [0.717, 1.165) is 18.6 Å². The molecule has 22 heavy (non-hydrogen) atoms. The number of aliphatic carboxylic acids is 1. The van der Waals surface area contributed by atoms with Crippen LogP contribution in [0.4, 0.5) is 8.78 Å². The Morgan fingerprint density at radius 3 is 2.95 bits per heavy atom. The number of aromatic nitrogens is 2. The lowest BCUT2D eigenvalue weighted by molar-refractivity contribution is -0.142. The minimum absolute atomic E-state index is 0.139. The van der Waals surface area contributed by atoms with Crippen LogP contribution in [0, 0.1) is 11.6 Å². The van der Waals surface area contributed by atoms with Gasteiger partial charge in [-0.1, -0.05) is 5.16 Å². The molecule has 116 valence electrons. The molecule has 1 atom stereocenters. The van der Waals surface area contributed by atoms with Gasteiger partial charge in [-0.05, 0) is 37.6 Å². The number of halogens is 2. The van der Waals surface area contributed by atoms with Gasteiger partial charge in [-0.25, -0.2) is 8.78 Å². The van der Waals surface area contributed by atoms with Gasteiger partial charge in [0, 0.05) is 5.56 Å². The van der Waals surface area contributed by atoms with Crippen molar-refractivity contribution in [3.63, 3.8) is 0 Å². The van der Waals surface area contributed by atoms with E-state index in [1.54, 1.807) is 4.90 Å². The summed E-state index contributed by atoms with van der Waals surface area (Å²) < 4.78 is 31.2. The number of carboxylic acid groups (broad SMARTS) is 1. The Bertz CT molecular complexity index is 704. The average Bonchev–Trinajstić information content (AvgIpc) is 3.11. The Morgan fingerprint density at radius 2 is 2.23 bits per heavy atom. The molecule has 1 N–H and O–H groups in total. The van der Waals surface area contributed by atoms with Gasteiger partial charge in [0.05, 0.1) is 6.54 Å². The van der Waals surface area contributed by atoms with Crippen molar-refractivity contribution in [2.75, 3.05) is 6.54 Å². The highest BCUT2D eigenvalue weighted by atomic mass is 19.2. The van der Waals surface area contributed by atoms with E-state index < -0.39 is 23.6 Å². The third-order valence-corrected chi connectivity index (χ3v) is 3.63. The van der Waals surface area contributed by atoms with Crippen LogP contribution >= 0.6 is 0 Å². The first-order valence-corrected chi connectivity index (χ1v) is 6.79. The molecule has 1 aliphatic heterocycles. The lowest BCUT2D eigenvalue weighted by Crippen LogP contribution is -2.35. The summed E-state index contributed by atoms with van der Waals surface area (Å²) in [6, 6.07) is 2.77. The largest absolute Gasteiger partial charge is 0.480 e. The highest BCUT2D eigenvalue weighted by Gasteiger charge is 2.31. The van der Waals surface area contributed by atoms with Gasteiger partial charge in [-0.3, -0.25) is 9.69 Å². The predicted octanol–water partition coefficient (Wildman–Crippen LogP) is 2.06. The summed E-state index contributed by atoms with van der Waals surface area (Å²) in [5.41, 5.74) is 0.296. The van der Waals surface area contributed by atoms with Crippen LogP contribution in [-0.2, 0) is 11.3 Å². The first-order chi connectivity index (χ1) is 10.5. The van der Waals surface area contributed by atoms with Gasteiger partial charge in [0.1, 0.15) is 6.04 Å². The molecule has 0 radical (unpaired) electrons. The summed E-state index contributed by atoms with van der Waals surface area (Å²) >= 11 is 0. The van der Waals surface area contributed by atoms with Crippen LogP contribution in [0.15, 0.2) is 22.7 Å². The Hall–Kier alpha value is -2.35. The van der Waals surface area contributed by atoms with E-state index in [4.69, 9.17) is 9.63 Å². The minimum atomic E-state index is -0.991. The summed E-state index contributed by atoms with van der Waals surface area (Å²) in [6.45, 7) is 0.855. The quantitative estimate of drug-likeness (QED) is 0.931. The molecule has 2 aromatic rings. The molecule has 1 aliphatic rings. The summed E-state index contributed by atoms with van der Waals surface area (Å²) in [5.74, 6) is -2.44. The molecular formula is C14H13F2N3O3. The van der Waals surface area contributed by atoms with Crippen molar-refractivity contribution < 1.29 is 23.2 Å². The van der Waals surface area contributed by atoms with Crippen molar-refractivity contribution in [2.45, 2.75) is 25.4 Å². The fraction of sp³-hybridized carbons (Fsp3) is 0.357. The second kappa shape index (κ2) is 5.80. The first-order valence-electron chi connectivity index (χ1n) is 6.79. The molecule has 1 aromatic heterocycles. The Labute approximate surface area is 124 Å². The van der Waals surface area contributed by atoms with E-state index in [0.29, 0.717) is 18.5 Å². The molecule has 1 fully saturated rings. The number of hydrogen-bond donors (Lipinski definition) is 1. The van der Waals surface area contributed by atoms with E-state index in [1.807, 2.05) is 0 Å². The molecular weight excluding hydrogens is 296 g/mol. The predicted molar refractivity (Wildman–Crippen MR) is 70.7 cm³/mol. The molecule has 0 bridgehead atoms. The molecule has 3 rings (SSSR count). The van der Waals surface area contributed by atoms with Gasteiger partial charge in [-0.2, -0.15) is 4.98 Å². The van der Waals surface area contributed by atoms with Crippen molar-refractivity contribution in [1.29, 1.82) is 0 Å². The van der Waals surface area contributed by atoms with Crippen molar-refractivity contribution >= 4 is 5.97 Å². The fourth-order valence-corrected chi connectivity index (χ4v) is 2.54. The molecule has 0 saturated carbocycles. The van der Waals surface area contributed by atoms with Crippen LogP contribution in [0.3, 0.4) is 0 Å². The van der Waals surface area contributed by atoms with Crippen molar-refractivity contribution in [2.24, 2.45) is 0 Å². The van der Waals surface area contributed by atoms with Gasteiger partial charge in [0.15, 0.2) is 11.6 Å². The SMILES string of the molecule is O=C(O)[C@@H]1CCCN1Cc1nc(-c2ccc(F)c(F)c2)no1. The van der Waals surface area contributed by atoms with Crippen LogP contribution in [0.1, 0.15) is 18.7 Å². The van der Waals surface area contributed by atoms with Gasteiger partial charge < -0.3 is 9.63 Å². The summed E-state index contributed by atoms with van der Waals surface area (Å²) in [4.78, 5) is 17.0. The Morgan fingerprint density at radius 1 is 1.41 bits per heavy atom. The van der Waals surface area contributed by atoms with E-state index in [2.05, 4.69) is 10.1 Å². The molecule has 0 amide bonds. The number of carboxylic acids is 1. The number of benzene rings is 1. The van der Waals surface area contributed by atoms with Gasteiger partial charge in [0.2, 0.25) is 11.7 Å².